The molecule has 1 aromatic carbocycles. The van der Waals surface area contributed by atoms with Crippen LogP contribution in [0.2, 0.25) is 0 Å². The van der Waals surface area contributed by atoms with Crippen LogP contribution < -0.4 is 10.2 Å². The van der Waals surface area contributed by atoms with Gasteiger partial charge in [-0.25, -0.2) is 0 Å². The van der Waals surface area contributed by atoms with Gasteiger partial charge in [0.25, 0.3) is 11.6 Å². The molecule has 3 rings (SSSR count). The molecule has 0 saturated carbocycles. The summed E-state index contributed by atoms with van der Waals surface area (Å²) in [5, 5.41) is 14.3. The van der Waals surface area contributed by atoms with Gasteiger partial charge in [-0.3, -0.25) is 19.9 Å². The number of hydrogen-bond donors (Lipinski definition) is 1. The third-order valence-electron chi connectivity index (χ3n) is 4.43. The van der Waals surface area contributed by atoms with Crippen molar-refractivity contribution in [1.82, 2.24) is 15.2 Å². The Morgan fingerprint density at radius 2 is 2.00 bits per heavy atom. The SMILES string of the molecule is CN1CCN(c2ccc(C(=O)NCc3ccccn3)cc2[N+](=O)[O-])CC1. The minimum atomic E-state index is -0.427. The zero-order valence-corrected chi connectivity index (χ0v) is 14.6. The maximum Gasteiger partial charge on any atom is 0.293 e. The molecule has 0 aliphatic carbocycles. The molecule has 1 saturated heterocycles. The van der Waals surface area contributed by atoms with E-state index in [1.165, 1.54) is 6.07 Å². The maximum absolute atomic E-state index is 12.3. The number of aromatic nitrogens is 1. The van der Waals surface area contributed by atoms with Crippen molar-refractivity contribution >= 4 is 17.3 Å². The molecule has 1 fully saturated rings. The number of anilines is 1. The fraction of sp³-hybridized carbons (Fsp3) is 0.333. The second kappa shape index (κ2) is 7.92. The first-order chi connectivity index (χ1) is 12.5. The minimum absolute atomic E-state index is 0.0416. The van der Waals surface area contributed by atoms with Gasteiger partial charge in [0.15, 0.2) is 0 Å². The fourth-order valence-corrected chi connectivity index (χ4v) is 2.90. The number of rotatable bonds is 5. The summed E-state index contributed by atoms with van der Waals surface area (Å²) in [5.74, 6) is -0.358. The summed E-state index contributed by atoms with van der Waals surface area (Å²) in [6.45, 7) is 3.42. The van der Waals surface area contributed by atoms with Gasteiger partial charge in [0.05, 0.1) is 17.2 Å². The number of likely N-dealkylation sites (N-methyl/N-ethyl adjacent to an activating group) is 1. The maximum atomic E-state index is 12.3. The lowest BCUT2D eigenvalue weighted by Gasteiger charge is -2.33. The van der Waals surface area contributed by atoms with Crippen molar-refractivity contribution in [3.63, 3.8) is 0 Å². The quantitative estimate of drug-likeness (QED) is 0.648. The van der Waals surface area contributed by atoms with Crippen molar-refractivity contribution in [3.8, 4) is 0 Å². The number of pyridine rings is 1. The van der Waals surface area contributed by atoms with Gasteiger partial charge in [0.1, 0.15) is 5.69 Å². The van der Waals surface area contributed by atoms with Crippen LogP contribution in [0, 0.1) is 10.1 Å². The lowest BCUT2D eigenvalue weighted by atomic mass is 10.1. The monoisotopic (exact) mass is 355 g/mol. The van der Waals surface area contributed by atoms with E-state index in [0.29, 0.717) is 5.69 Å². The third kappa shape index (κ3) is 4.15. The molecule has 1 N–H and O–H groups in total. The van der Waals surface area contributed by atoms with Crippen LogP contribution in [0.1, 0.15) is 16.1 Å². The van der Waals surface area contributed by atoms with Gasteiger partial charge >= 0.3 is 0 Å². The van der Waals surface area contributed by atoms with Crippen LogP contribution in [0.3, 0.4) is 0 Å². The van der Waals surface area contributed by atoms with Gasteiger partial charge in [-0.05, 0) is 31.3 Å². The van der Waals surface area contributed by atoms with Crippen molar-refractivity contribution in [1.29, 1.82) is 0 Å². The van der Waals surface area contributed by atoms with Crippen molar-refractivity contribution in [2.24, 2.45) is 0 Å². The normalized spacial score (nSPS) is 14.9. The summed E-state index contributed by atoms with van der Waals surface area (Å²) in [5.41, 5.74) is 1.51. The summed E-state index contributed by atoms with van der Waals surface area (Å²) in [6, 6.07) is 10.1. The summed E-state index contributed by atoms with van der Waals surface area (Å²) >= 11 is 0. The van der Waals surface area contributed by atoms with Crippen LogP contribution in [-0.2, 0) is 6.54 Å². The van der Waals surface area contributed by atoms with E-state index in [1.54, 1.807) is 30.5 Å². The van der Waals surface area contributed by atoms with Crippen LogP contribution in [-0.4, -0.2) is 53.9 Å². The van der Waals surface area contributed by atoms with Crippen LogP contribution in [0.5, 0.6) is 0 Å². The van der Waals surface area contributed by atoms with E-state index in [-0.39, 0.29) is 23.7 Å². The molecule has 1 amide bonds. The average molecular weight is 355 g/mol. The Kier molecular flexibility index (Phi) is 5.43. The molecule has 0 radical (unpaired) electrons. The molecule has 1 aromatic heterocycles. The van der Waals surface area contributed by atoms with Gasteiger partial charge < -0.3 is 15.1 Å². The van der Waals surface area contributed by atoms with Gasteiger partial charge in [0, 0.05) is 44.0 Å². The predicted molar refractivity (Wildman–Crippen MR) is 98.2 cm³/mol. The Labute approximate surface area is 151 Å². The second-order valence-corrected chi connectivity index (χ2v) is 6.25. The Morgan fingerprint density at radius 3 is 2.65 bits per heavy atom. The van der Waals surface area contributed by atoms with Crippen molar-refractivity contribution in [3.05, 3.63) is 64.0 Å². The predicted octanol–water partition coefficient (Wildman–Crippen LogP) is 1.67. The highest BCUT2D eigenvalue weighted by atomic mass is 16.6. The second-order valence-electron chi connectivity index (χ2n) is 6.25. The Bertz CT molecular complexity index is 789. The van der Waals surface area contributed by atoms with Gasteiger partial charge in [-0.15, -0.1) is 0 Å². The number of carbonyl (C=O) groups excluding carboxylic acids is 1. The first-order valence-corrected chi connectivity index (χ1v) is 8.44. The van der Waals surface area contributed by atoms with E-state index < -0.39 is 4.92 Å². The highest BCUT2D eigenvalue weighted by Gasteiger charge is 2.24. The summed E-state index contributed by atoms with van der Waals surface area (Å²) in [6.07, 6.45) is 1.65. The molecule has 2 heterocycles. The Morgan fingerprint density at radius 1 is 1.23 bits per heavy atom. The molecule has 0 bridgehead atoms. The number of nitro benzene ring substituents is 1. The number of piperazine rings is 1. The van der Waals surface area contributed by atoms with E-state index in [2.05, 4.69) is 15.2 Å². The molecule has 0 atom stereocenters. The molecule has 26 heavy (non-hydrogen) atoms. The summed E-state index contributed by atoms with van der Waals surface area (Å²) in [7, 11) is 2.03. The van der Waals surface area contributed by atoms with E-state index >= 15 is 0 Å². The Hall–Kier alpha value is -3.00. The van der Waals surface area contributed by atoms with Crippen molar-refractivity contribution < 1.29 is 9.72 Å². The van der Waals surface area contributed by atoms with E-state index in [1.807, 2.05) is 18.0 Å². The molecular weight excluding hydrogens is 334 g/mol. The first-order valence-electron chi connectivity index (χ1n) is 8.44. The number of nitro groups is 1. The van der Waals surface area contributed by atoms with Gasteiger partial charge in [-0.2, -0.15) is 0 Å². The van der Waals surface area contributed by atoms with Gasteiger partial charge in [-0.1, -0.05) is 6.07 Å². The number of nitrogens with zero attached hydrogens (tertiary/aromatic N) is 4. The van der Waals surface area contributed by atoms with Crippen LogP contribution >= 0.6 is 0 Å². The molecule has 1 aliphatic heterocycles. The fourth-order valence-electron chi connectivity index (χ4n) is 2.90. The summed E-state index contributed by atoms with van der Waals surface area (Å²) < 4.78 is 0. The molecular formula is C18H21N5O3. The topological polar surface area (TPSA) is 91.6 Å². The van der Waals surface area contributed by atoms with Gasteiger partial charge in [0.2, 0.25) is 0 Å². The number of amides is 1. The number of carbonyl (C=O) groups is 1. The molecule has 8 heteroatoms. The molecule has 0 spiro atoms. The Balaban J connectivity index is 1.75. The van der Waals surface area contributed by atoms with Crippen molar-refractivity contribution in [2.75, 3.05) is 38.1 Å². The third-order valence-corrected chi connectivity index (χ3v) is 4.43. The lowest BCUT2D eigenvalue weighted by Crippen LogP contribution is -2.44. The largest absolute Gasteiger partial charge is 0.363 e. The van der Waals surface area contributed by atoms with Crippen molar-refractivity contribution in [2.45, 2.75) is 6.54 Å². The lowest BCUT2D eigenvalue weighted by molar-refractivity contribution is -0.384. The zero-order valence-electron chi connectivity index (χ0n) is 14.6. The standard InChI is InChI=1S/C18H21N5O3/c1-21-8-10-22(11-9-21)16-6-5-14(12-17(16)23(25)26)18(24)20-13-15-4-2-3-7-19-15/h2-7,12H,8-11,13H2,1H3,(H,20,24). The smallest absolute Gasteiger partial charge is 0.293 e. The summed E-state index contributed by atoms with van der Waals surface area (Å²) in [4.78, 5) is 31.7. The molecule has 2 aromatic rings. The molecule has 0 unspecified atom stereocenters. The highest BCUT2D eigenvalue weighted by molar-refractivity contribution is 5.95. The van der Waals surface area contributed by atoms with E-state index in [4.69, 9.17) is 0 Å². The van der Waals surface area contributed by atoms with Crippen LogP contribution in [0.4, 0.5) is 11.4 Å². The van der Waals surface area contributed by atoms with Crippen LogP contribution in [0.25, 0.3) is 0 Å². The van der Waals surface area contributed by atoms with Crippen LogP contribution in [0.15, 0.2) is 42.6 Å². The highest BCUT2D eigenvalue weighted by Crippen LogP contribution is 2.30. The zero-order chi connectivity index (χ0) is 18.5. The average Bonchev–Trinajstić information content (AvgIpc) is 2.67. The minimum Gasteiger partial charge on any atom is -0.363 e. The number of benzene rings is 1. The molecule has 8 nitrogen and oxygen atoms in total. The molecule has 1 aliphatic rings. The van der Waals surface area contributed by atoms with E-state index in [0.717, 1.165) is 31.9 Å². The number of hydrogen-bond acceptors (Lipinski definition) is 6. The first kappa shape index (κ1) is 17.8. The van der Waals surface area contributed by atoms with E-state index in [9.17, 15) is 14.9 Å². The molecule has 136 valence electrons. The number of nitrogens with one attached hydrogen (secondary N) is 1.